The van der Waals surface area contributed by atoms with Crippen LogP contribution in [0.5, 0.6) is 0 Å². The van der Waals surface area contributed by atoms with E-state index in [9.17, 15) is 0 Å². The molecule has 13 aromatic rings. The molecule has 0 bridgehead atoms. The monoisotopic (exact) mass is 871 g/mol. The molecule has 3 nitrogen and oxygen atoms in total. The molecule has 0 spiro atoms. The molecule has 13 rings (SSSR count). The second-order valence-electron chi connectivity index (χ2n) is 18.0. The minimum absolute atomic E-state index is 0.173. The minimum atomic E-state index is 0.173. The third kappa shape index (κ3) is 6.18. The largest absolute Gasteiger partial charge is 0.311 e. The summed E-state index contributed by atoms with van der Waals surface area (Å²) in [5.74, 6) is 0. The average Bonchev–Trinajstić information content (AvgIpc) is 4.06. The molecule has 0 atom stereocenters. The van der Waals surface area contributed by atoms with Crippen LogP contribution < -0.4 is 38.2 Å². The molecule has 0 aliphatic rings. The van der Waals surface area contributed by atoms with E-state index in [1.54, 1.807) is 0 Å². The molecule has 308 valence electrons. The number of benzene rings is 10. The summed E-state index contributed by atoms with van der Waals surface area (Å²) in [5.41, 5.74) is 15.9. The van der Waals surface area contributed by atoms with Crippen molar-refractivity contribution in [1.82, 2.24) is 13.7 Å². The standard InChI is InChI=1S/C60H32B7N3/c61-52-49(53(62)57(66)59-50(52)51-54(63)55(64)56(65)58(67)60(51)70(59)39-24-20-35(21-25-39)33-12-4-1-5-13-33)37-23-28-46-43(30-37)42-27-22-36(34-14-6-2-7-15-34)31-48(42)69(46)40-26-29-47-44(32-40)41-18-10-11-19-45(41)68(47)38-16-8-3-9-17-38/h1-32H. The minimum Gasteiger partial charge on any atom is -0.311 e. The molecule has 10 aromatic carbocycles. The number of nitrogens with zero attached hydrogens (tertiary/aromatic N) is 3. The summed E-state index contributed by atoms with van der Waals surface area (Å²) in [6, 6.07) is 67.6. The van der Waals surface area contributed by atoms with E-state index < -0.39 is 0 Å². The molecule has 0 unspecified atom stereocenters. The van der Waals surface area contributed by atoms with Gasteiger partial charge in [0.25, 0.3) is 0 Å². The zero-order chi connectivity index (χ0) is 47.5. The van der Waals surface area contributed by atoms with Crippen LogP contribution in [0.4, 0.5) is 0 Å². The van der Waals surface area contributed by atoms with E-state index >= 15 is 0 Å². The van der Waals surface area contributed by atoms with Crippen LogP contribution in [0.25, 0.3) is 116 Å². The lowest BCUT2D eigenvalue weighted by Crippen LogP contribution is -2.48. The highest BCUT2D eigenvalue weighted by atomic mass is 15.0. The molecule has 3 heterocycles. The summed E-state index contributed by atoms with van der Waals surface area (Å²) in [7, 11) is 48.9. The Morgan fingerprint density at radius 1 is 0.243 bits per heavy atom. The first-order chi connectivity index (χ1) is 34.2. The molecule has 0 N–H and O–H groups in total. The van der Waals surface area contributed by atoms with Crippen molar-refractivity contribution in [1.29, 1.82) is 0 Å². The summed E-state index contributed by atoms with van der Waals surface area (Å²) in [6.45, 7) is 0. The quantitative estimate of drug-likeness (QED) is 0.154. The molecular formula is C60H32B7N3. The van der Waals surface area contributed by atoms with Gasteiger partial charge in [0.1, 0.15) is 54.9 Å². The summed E-state index contributed by atoms with van der Waals surface area (Å²) < 4.78 is 6.64. The van der Waals surface area contributed by atoms with Crippen molar-refractivity contribution in [2.75, 3.05) is 0 Å². The Hall–Kier alpha value is -7.95. The van der Waals surface area contributed by atoms with Gasteiger partial charge >= 0.3 is 0 Å². The van der Waals surface area contributed by atoms with Gasteiger partial charge in [0.05, 0.1) is 22.1 Å². The highest BCUT2D eigenvalue weighted by Crippen LogP contribution is 2.40. The summed E-state index contributed by atoms with van der Waals surface area (Å²) in [6.07, 6.45) is 0. The Labute approximate surface area is 414 Å². The van der Waals surface area contributed by atoms with E-state index in [0.29, 0.717) is 43.8 Å². The van der Waals surface area contributed by atoms with Gasteiger partial charge in [0.2, 0.25) is 0 Å². The molecular weight excluding hydrogens is 838 g/mol. The van der Waals surface area contributed by atoms with Crippen molar-refractivity contribution < 1.29 is 0 Å². The predicted octanol–water partition coefficient (Wildman–Crippen LogP) is 7.54. The maximum atomic E-state index is 7.44. The molecule has 10 heteroatoms. The molecule has 70 heavy (non-hydrogen) atoms. The lowest BCUT2D eigenvalue weighted by Gasteiger charge is -2.19. The van der Waals surface area contributed by atoms with Crippen molar-refractivity contribution in [3.8, 4) is 50.4 Å². The van der Waals surface area contributed by atoms with Crippen LogP contribution in [-0.4, -0.2) is 68.6 Å². The van der Waals surface area contributed by atoms with Gasteiger partial charge in [-0.15, -0.1) is 10.9 Å². The SMILES string of the molecule is [B]c1c([B])c([B])c2c(c1[B])c1c([B])c(-c3ccc4c(c3)c3ccc(-c5ccccc5)cc3n4-c3ccc4c(c3)c3ccccc3n4-c3ccccc3)c([B])c([B])c1n2-c1ccc(-c2ccccc2)cc1. The fourth-order valence-corrected chi connectivity index (χ4v) is 10.9. The number of hydrogen-bond donors (Lipinski definition) is 0. The molecule has 14 radical (unpaired) electrons. The van der Waals surface area contributed by atoms with E-state index in [0.717, 1.165) is 83.1 Å². The molecule has 0 fully saturated rings. The van der Waals surface area contributed by atoms with Crippen LogP contribution in [0.15, 0.2) is 194 Å². The van der Waals surface area contributed by atoms with E-state index in [4.69, 9.17) is 54.9 Å². The van der Waals surface area contributed by atoms with Gasteiger partial charge in [-0.3, -0.25) is 0 Å². The third-order valence-electron chi connectivity index (χ3n) is 14.2. The van der Waals surface area contributed by atoms with Crippen molar-refractivity contribution in [3.05, 3.63) is 194 Å². The topological polar surface area (TPSA) is 14.8 Å². The van der Waals surface area contributed by atoms with Crippen LogP contribution in [0, 0.1) is 0 Å². The van der Waals surface area contributed by atoms with Crippen molar-refractivity contribution in [2.45, 2.75) is 0 Å². The molecule has 3 aromatic heterocycles. The number of aromatic nitrogens is 3. The maximum Gasteiger partial charge on any atom is 0.115 e. The van der Waals surface area contributed by atoms with Gasteiger partial charge in [-0.2, -0.15) is 0 Å². The van der Waals surface area contributed by atoms with Crippen molar-refractivity contribution in [2.24, 2.45) is 0 Å². The maximum absolute atomic E-state index is 7.44. The van der Waals surface area contributed by atoms with Gasteiger partial charge in [0, 0.05) is 55.0 Å². The number of hydrogen-bond acceptors (Lipinski definition) is 0. The number of rotatable bonds is 6. The fourth-order valence-electron chi connectivity index (χ4n) is 10.9. The number of para-hydroxylation sites is 2. The van der Waals surface area contributed by atoms with Crippen LogP contribution >= 0.6 is 0 Å². The lowest BCUT2D eigenvalue weighted by atomic mass is 9.64. The number of fused-ring (bicyclic) bond motifs is 9. The summed E-state index contributed by atoms with van der Waals surface area (Å²) >= 11 is 0. The molecule has 0 aliphatic carbocycles. The summed E-state index contributed by atoms with van der Waals surface area (Å²) in [5, 5.41) is 5.53. The van der Waals surface area contributed by atoms with Gasteiger partial charge in [0.15, 0.2) is 0 Å². The van der Waals surface area contributed by atoms with Crippen LogP contribution in [0.2, 0.25) is 0 Å². The van der Waals surface area contributed by atoms with Gasteiger partial charge in [-0.05, 0) is 105 Å². The Balaban J connectivity index is 1.05. The zero-order valence-corrected chi connectivity index (χ0v) is 37.9. The first kappa shape index (κ1) is 42.2. The zero-order valence-electron chi connectivity index (χ0n) is 37.9. The predicted molar refractivity (Wildman–Crippen MR) is 303 cm³/mol. The highest BCUT2D eigenvalue weighted by molar-refractivity contribution is 6.69. The van der Waals surface area contributed by atoms with Crippen molar-refractivity contribution in [3.63, 3.8) is 0 Å². The van der Waals surface area contributed by atoms with Gasteiger partial charge in [-0.25, -0.2) is 0 Å². The molecule has 0 saturated carbocycles. The van der Waals surface area contributed by atoms with E-state index in [1.165, 1.54) is 5.39 Å². The molecule has 0 amide bonds. The highest BCUT2D eigenvalue weighted by Gasteiger charge is 2.25. The van der Waals surface area contributed by atoms with Crippen LogP contribution in [0.3, 0.4) is 0 Å². The van der Waals surface area contributed by atoms with Crippen LogP contribution in [0.1, 0.15) is 0 Å². The Kier molecular flexibility index (Phi) is 9.68. The van der Waals surface area contributed by atoms with E-state index in [1.807, 2.05) is 47.0 Å². The van der Waals surface area contributed by atoms with Gasteiger partial charge < -0.3 is 13.7 Å². The second-order valence-corrected chi connectivity index (χ2v) is 18.0. The van der Waals surface area contributed by atoms with E-state index in [-0.39, 0.29) is 21.9 Å². The average molecular weight is 871 g/mol. The second kappa shape index (κ2) is 16.1. The van der Waals surface area contributed by atoms with Crippen LogP contribution in [-0.2, 0) is 0 Å². The Bertz CT molecular complexity index is 4290. The fraction of sp³-hybridized carbons (Fsp3) is 0. The lowest BCUT2D eigenvalue weighted by molar-refractivity contribution is 1.17. The van der Waals surface area contributed by atoms with Crippen molar-refractivity contribution >= 4 is 159 Å². The molecule has 0 saturated heterocycles. The first-order valence-corrected chi connectivity index (χ1v) is 23.1. The summed E-state index contributed by atoms with van der Waals surface area (Å²) in [4.78, 5) is 0. The normalized spacial score (nSPS) is 11.8. The van der Waals surface area contributed by atoms with Gasteiger partial charge in [-0.1, -0.05) is 155 Å². The molecule has 0 aliphatic heterocycles. The smallest absolute Gasteiger partial charge is 0.115 e. The first-order valence-electron chi connectivity index (χ1n) is 23.1. The third-order valence-corrected chi connectivity index (χ3v) is 14.2. The Morgan fingerprint density at radius 3 is 1.40 bits per heavy atom. The Morgan fingerprint density at radius 2 is 0.700 bits per heavy atom. The van der Waals surface area contributed by atoms with E-state index in [2.05, 4.69) is 161 Å².